The van der Waals surface area contributed by atoms with Gasteiger partial charge in [0.2, 0.25) is 0 Å². The van der Waals surface area contributed by atoms with Crippen molar-refractivity contribution in [3.8, 4) is 34.1 Å². The molecule has 0 aliphatic heterocycles. The quantitative estimate of drug-likeness (QED) is 0.0834. The molecule has 0 saturated heterocycles. The topological polar surface area (TPSA) is 128 Å². The molecule has 11 nitrogen and oxygen atoms in total. The van der Waals surface area contributed by atoms with Crippen molar-refractivity contribution >= 4 is 21.9 Å². The molecule has 0 fully saturated rings. The van der Waals surface area contributed by atoms with Gasteiger partial charge in [-0.25, -0.2) is 4.68 Å². The standard InChI is InChI=1S/C42H39N3O8/c46-37-27-41(52-39-12-5-4-11-35(37)39)31-13-15-33(16-14-31)51-25-24-49-23-22-48-21-19-45-29-32(43-44-45)10-6-7-20-50-34-17-18-36-38(47)28-40(53-42(36)26-34)30-8-2-1-3-9-30/h1-5,8-9,11-18,26-29H,6-7,10,19-25H2. The zero-order valence-electron chi connectivity index (χ0n) is 29.1. The summed E-state index contributed by atoms with van der Waals surface area (Å²) in [4.78, 5) is 25.0. The maximum atomic E-state index is 12.6. The Morgan fingerprint density at radius 2 is 1.21 bits per heavy atom. The molecule has 0 amide bonds. The van der Waals surface area contributed by atoms with Crippen molar-refractivity contribution in [2.75, 3.05) is 39.6 Å². The Hall–Kier alpha value is -6.04. The molecule has 270 valence electrons. The first kappa shape index (κ1) is 35.4. The molecule has 4 aromatic carbocycles. The molecule has 3 aromatic heterocycles. The van der Waals surface area contributed by atoms with Crippen LogP contribution in [-0.2, 0) is 22.4 Å². The summed E-state index contributed by atoms with van der Waals surface area (Å²) in [6.07, 6.45) is 4.47. The van der Waals surface area contributed by atoms with E-state index in [0.717, 1.165) is 36.1 Å². The fourth-order valence-corrected chi connectivity index (χ4v) is 5.79. The highest BCUT2D eigenvalue weighted by Gasteiger charge is 2.10. The molecule has 7 aromatic rings. The predicted octanol–water partition coefficient (Wildman–Crippen LogP) is 7.34. The third-order valence-electron chi connectivity index (χ3n) is 8.55. The minimum absolute atomic E-state index is 0.0711. The van der Waals surface area contributed by atoms with Crippen LogP contribution in [0.3, 0.4) is 0 Å². The molecule has 0 aliphatic carbocycles. The Morgan fingerprint density at radius 3 is 2.02 bits per heavy atom. The molecule has 53 heavy (non-hydrogen) atoms. The van der Waals surface area contributed by atoms with Crippen molar-refractivity contribution in [2.45, 2.75) is 25.8 Å². The van der Waals surface area contributed by atoms with Crippen LogP contribution >= 0.6 is 0 Å². The van der Waals surface area contributed by atoms with Crippen LogP contribution < -0.4 is 20.3 Å². The van der Waals surface area contributed by atoms with E-state index in [1.54, 1.807) is 35.0 Å². The predicted molar refractivity (Wildman–Crippen MR) is 201 cm³/mol. The van der Waals surface area contributed by atoms with Crippen LogP contribution in [0.15, 0.2) is 134 Å². The molecule has 0 radical (unpaired) electrons. The van der Waals surface area contributed by atoms with E-state index >= 15 is 0 Å². The second-order valence-corrected chi connectivity index (χ2v) is 12.3. The van der Waals surface area contributed by atoms with Gasteiger partial charge in [0.1, 0.15) is 40.8 Å². The zero-order chi connectivity index (χ0) is 36.2. The number of hydrogen-bond donors (Lipinski definition) is 0. The molecular weight excluding hydrogens is 674 g/mol. The summed E-state index contributed by atoms with van der Waals surface area (Å²) in [6.45, 7) is 3.38. The van der Waals surface area contributed by atoms with Crippen LogP contribution in [0.25, 0.3) is 44.6 Å². The van der Waals surface area contributed by atoms with E-state index in [4.69, 9.17) is 27.8 Å². The number of aryl methyl sites for hydroxylation is 1. The second kappa shape index (κ2) is 17.5. The maximum absolute atomic E-state index is 12.6. The number of para-hydroxylation sites is 1. The summed E-state index contributed by atoms with van der Waals surface area (Å²) in [5, 5.41) is 9.57. The van der Waals surface area contributed by atoms with E-state index in [0.29, 0.717) is 91.1 Å². The smallest absolute Gasteiger partial charge is 0.193 e. The largest absolute Gasteiger partial charge is 0.493 e. The fraction of sp³-hybridized carbons (Fsp3) is 0.238. The number of benzene rings is 4. The van der Waals surface area contributed by atoms with Crippen LogP contribution in [0.5, 0.6) is 11.5 Å². The van der Waals surface area contributed by atoms with Crippen molar-refractivity contribution in [3.63, 3.8) is 0 Å². The lowest BCUT2D eigenvalue weighted by Gasteiger charge is -2.09. The maximum Gasteiger partial charge on any atom is 0.193 e. The van der Waals surface area contributed by atoms with Gasteiger partial charge >= 0.3 is 0 Å². The van der Waals surface area contributed by atoms with Gasteiger partial charge < -0.3 is 27.8 Å². The summed E-state index contributed by atoms with van der Waals surface area (Å²) in [5.41, 5.74) is 3.48. The van der Waals surface area contributed by atoms with Gasteiger partial charge in [-0.2, -0.15) is 0 Å². The Balaban J connectivity index is 0.736. The highest BCUT2D eigenvalue weighted by atomic mass is 16.5. The van der Waals surface area contributed by atoms with Crippen molar-refractivity contribution in [3.05, 3.63) is 142 Å². The molecule has 0 atom stereocenters. The van der Waals surface area contributed by atoms with Gasteiger partial charge in [0.25, 0.3) is 0 Å². The molecule has 3 heterocycles. The molecule has 0 saturated carbocycles. The van der Waals surface area contributed by atoms with Crippen LogP contribution in [0.2, 0.25) is 0 Å². The molecule has 0 bridgehead atoms. The molecular formula is C42H39N3O8. The third-order valence-corrected chi connectivity index (χ3v) is 8.55. The van der Waals surface area contributed by atoms with E-state index in [1.807, 2.05) is 72.9 Å². The average Bonchev–Trinajstić information content (AvgIpc) is 3.65. The van der Waals surface area contributed by atoms with E-state index in [9.17, 15) is 9.59 Å². The molecule has 0 spiro atoms. The molecule has 0 N–H and O–H groups in total. The lowest BCUT2D eigenvalue weighted by atomic mass is 10.1. The summed E-state index contributed by atoms with van der Waals surface area (Å²) in [7, 11) is 0. The summed E-state index contributed by atoms with van der Waals surface area (Å²) < 4.78 is 36.8. The summed E-state index contributed by atoms with van der Waals surface area (Å²) >= 11 is 0. The lowest BCUT2D eigenvalue weighted by Crippen LogP contribution is -2.13. The van der Waals surface area contributed by atoms with Crippen LogP contribution in [0, 0.1) is 0 Å². The van der Waals surface area contributed by atoms with Crippen LogP contribution in [0.4, 0.5) is 0 Å². The Morgan fingerprint density at radius 1 is 0.566 bits per heavy atom. The van der Waals surface area contributed by atoms with Gasteiger partial charge in [-0.15, -0.1) is 5.10 Å². The monoisotopic (exact) mass is 713 g/mol. The first-order chi connectivity index (χ1) is 26.1. The Kier molecular flexibility index (Phi) is 11.6. The highest BCUT2D eigenvalue weighted by molar-refractivity contribution is 5.80. The number of nitrogens with zero attached hydrogens (tertiary/aromatic N) is 3. The summed E-state index contributed by atoms with van der Waals surface area (Å²) in [6, 6.07) is 32.6. The summed E-state index contributed by atoms with van der Waals surface area (Å²) in [5.74, 6) is 2.41. The fourth-order valence-electron chi connectivity index (χ4n) is 5.79. The first-order valence-electron chi connectivity index (χ1n) is 17.7. The van der Waals surface area contributed by atoms with Crippen LogP contribution in [0.1, 0.15) is 18.5 Å². The molecule has 11 heteroatoms. The van der Waals surface area contributed by atoms with Crippen molar-refractivity contribution in [1.82, 2.24) is 15.0 Å². The number of fused-ring (bicyclic) bond motifs is 2. The molecule has 0 aliphatic rings. The normalized spacial score (nSPS) is 11.3. The first-order valence-corrected chi connectivity index (χ1v) is 17.7. The van der Waals surface area contributed by atoms with Crippen molar-refractivity contribution < 1.29 is 27.8 Å². The van der Waals surface area contributed by atoms with Gasteiger partial charge in [-0.3, -0.25) is 9.59 Å². The minimum atomic E-state index is -0.0828. The molecule has 7 rings (SSSR count). The van der Waals surface area contributed by atoms with Crippen molar-refractivity contribution in [2.24, 2.45) is 0 Å². The number of ether oxygens (including phenoxy) is 4. The van der Waals surface area contributed by atoms with Crippen LogP contribution in [-0.4, -0.2) is 54.6 Å². The van der Waals surface area contributed by atoms with Gasteiger partial charge in [0.05, 0.1) is 56.0 Å². The zero-order valence-corrected chi connectivity index (χ0v) is 29.1. The minimum Gasteiger partial charge on any atom is -0.493 e. The number of rotatable bonds is 18. The van der Waals surface area contributed by atoms with Gasteiger partial charge in [0.15, 0.2) is 10.9 Å². The van der Waals surface area contributed by atoms with Crippen molar-refractivity contribution in [1.29, 1.82) is 0 Å². The van der Waals surface area contributed by atoms with Gasteiger partial charge in [0, 0.05) is 35.5 Å². The van der Waals surface area contributed by atoms with E-state index < -0.39 is 0 Å². The number of hydrogen-bond acceptors (Lipinski definition) is 10. The Labute approximate surface area is 305 Å². The Bertz CT molecular complexity index is 2370. The van der Waals surface area contributed by atoms with E-state index in [1.165, 1.54) is 12.1 Å². The van der Waals surface area contributed by atoms with Gasteiger partial charge in [-0.1, -0.05) is 47.7 Å². The molecule has 0 unspecified atom stereocenters. The SMILES string of the molecule is O=c1cc(-c2ccc(OCCOCCOCCn3cc(CCCCOc4ccc5c(=O)cc(-c6ccccc6)oc5c4)nn3)cc2)oc2ccccc12. The highest BCUT2D eigenvalue weighted by Crippen LogP contribution is 2.26. The second-order valence-electron chi connectivity index (χ2n) is 12.3. The number of aromatic nitrogens is 3. The van der Waals surface area contributed by atoms with Gasteiger partial charge in [-0.05, 0) is 67.8 Å². The average molecular weight is 714 g/mol. The third kappa shape index (κ3) is 9.45. The number of unbranched alkanes of at least 4 members (excludes halogenated alkanes) is 1. The van der Waals surface area contributed by atoms with E-state index in [2.05, 4.69) is 10.3 Å². The van der Waals surface area contributed by atoms with E-state index in [-0.39, 0.29) is 10.9 Å². The lowest BCUT2D eigenvalue weighted by molar-refractivity contribution is 0.0333.